The van der Waals surface area contributed by atoms with Gasteiger partial charge >= 0.3 is 0 Å². The summed E-state index contributed by atoms with van der Waals surface area (Å²) in [4.78, 5) is 2.09. The third-order valence-electron chi connectivity index (χ3n) is 3.12. The van der Waals surface area contributed by atoms with E-state index in [0.717, 1.165) is 31.5 Å². The summed E-state index contributed by atoms with van der Waals surface area (Å²) < 4.78 is 12.8. The standard InChI is InChI=1S/C14H23FN2O/c1-14(16,11-18)9-3-4-10-17(2)13-7-5-12(15)6-8-13/h5-8,18H,3-4,9-11,16H2,1-2H3. The van der Waals surface area contributed by atoms with Crippen LogP contribution in [0, 0.1) is 5.82 Å². The molecule has 0 aliphatic rings. The number of hydrogen-bond acceptors (Lipinski definition) is 3. The second kappa shape index (κ2) is 6.71. The van der Waals surface area contributed by atoms with E-state index in [1.807, 2.05) is 14.0 Å². The number of nitrogens with zero attached hydrogens (tertiary/aromatic N) is 1. The van der Waals surface area contributed by atoms with E-state index in [0.29, 0.717) is 0 Å². The third kappa shape index (κ3) is 5.02. The largest absolute Gasteiger partial charge is 0.394 e. The molecule has 0 saturated carbocycles. The SMILES string of the molecule is CN(CCCCC(C)(N)CO)c1ccc(F)cc1. The van der Waals surface area contributed by atoms with Gasteiger partial charge in [0.2, 0.25) is 0 Å². The Morgan fingerprint density at radius 2 is 1.89 bits per heavy atom. The number of benzene rings is 1. The summed E-state index contributed by atoms with van der Waals surface area (Å²) in [5.74, 6) is -0.214. The fourth-order valence-electron chi connectivity index (χ4n) is 1.78. The van der Waals surface area contributed by atoms with Gasteiger partial charge in [-0.1, -0.05) is 0 Å². The molecule has 0 radical (unpaired) electrons. The number of rotatable bonds is 7. The van der Waals surface area contributed by atoms with Crippen molar-refractivity contribution in [3.8, 4) is 0 Å². The van der Waals surface area contributed by atoms with Gasteiger partial charge in [0.15, 0.2) is 0 Å². The zero-order chi connectivity index (χ0) is 13.6. The van der Waals surface area contributed by atoms with E-state index in [9.17, 15) is 4.39 Å². The molecule has 1 atom stereocenters. The second-order valence-corrected chi connectivity index (χ2v) is 5.17. The molecule has 0 aliphatic heterocycles. The van der Waals surface area contributed by atoms with Gasteiger partial charge < -0.3 is 15.7 Å². The number of halogens is 1. The lowest BCUT2D eigenvalue weighted by Crippen LogP contribution is -2.40. The molecule has 0 aliphatic carbocycles. The van der Waals surface area contributed by atoms with E-state index >= 15 is 0 Å². The van der Waals surface area contributed by atoms with Crippen LogP contribution in [0.2, 0.25) is 0 Å². The van der Waals surface area contributed by atoms with Crippen LogP contribution in [-0.2, 0) is 0 Å². The summed E-state index contributed by atoms with van der Waals surface area (Å²) in [5.41, 5.74) is 6.39. The molecule has 0 bridgehead atoms. The maximum absolute atomic E-state index is 12.8. The quantitative estimate of drug-likeness (QED) is 0.733. The van der Waals surface area contributed by atoms with Crippen LogP contribution in [-0.4, -0.2) is 30.8 Å². The first-order valence-corrected chi connectivity index (χ1v) is 6.31. The topological polar surface area (TPSA) is 49.5 Å². The number of aliphatic hydroxyl groups excluding tert-OH is 1. The zero-order valence-corrected chi connectivity index (χ0v) is 11.2. The van der Waals surface area contributed by atoms with Crippen LogP contribution in [0.5, 0.6) is 0 Å². The summed E-state index contributed by atoms with van der Waals surface area (Å²) in [6, 6.07) is 6.48. The van der Waals surface area contributed by atoms with Crippen molar-refractivity contribution in [2.75, 3.05) is 25.1 Å². The highest BCUT2D eigenvalue weighted by atomic mass is 19.1. The number of unbranched alkanes of at least 4 members (excludes halogenated alkanes) is 1. The van der Waals surface area contributed by atoms with Crippen molar-refractivity contribution < 1.29 is 9.50 Å². The van der Waals surface area contributed by atoms with Gasteiger partial charge in [0.25, 0.3) is 0 Å². The summed E-state index contributed by atoms with van der Waals surface area (Å²) >= 11 is 0. The van der Waals surface area contributed by atoms with Crippen LogP contribution in [0.4, 0.5) is 10.1 Å². The molecular formula is C14H23FN2O. The predicted molar refractivity (Wildman–Crippen MR) is 73.2 cm³/mol. The van der Waals surface area contributed by atoms with Gasteiger partial charge in [0.05, 0.1) is 6.61 Å². The van der Waals surface area contributed by atoms with Crippen LogP contribution < -0.4 is 10.6 Å². The Hall–Kier alpha value is -1.13. The maximum Gasteiger partial charge on any atom is 0.123 e. The molecule has 1 aromatic rings. The Morgan fingerprint density at radius 3 is 2.44 bits per heavy atom. The third-order valence-corrected chi connectivity index (χ3v) is 3.12. The van der Waals surface area contributed by atoms with Gasteiger partial charge in [0.1, 0.15) is 5.82 Å². The first-order valence-electron chi connectivity index (χ1n) is 6.31. The molecule has 102 valence electrons. The monoisotopic (exact) mass is 254 g/mol. The Balaban J connectivity index is 2.29. The van der Waals surface area contributed by atoms with E-state index in [1.54, 1.807) is 12.1 Å². The van der Waals surface area contributed by atoms with Gasteiger partial charge in [-0.25, -0.2) is 4.39 Å². The van der Waals surface area contributed by atoms with Crippen molar-refractivity contribution >= 4 is 5.69 Å². The molecule has 0 saturated heterocycles. The van der Waals surface area contributed by atoms with Gasteiger partial charge in [-0.15, -0.1) is 0 Å². The molecule has 0 spiro atoms. The normalized spacial score (nSPS) is 14.3. The average Bonchev–Trinajstić information content (AvgIpc) is 2.35. The first kappa shape index (κ1) is 14.9. The smallest absolute Gasteiger partial charge is 0.123 e. The Bertz CT molecular complexity index is 351. The van der Waals surface area contributed by atoms with Crippen LogP contribution in [0.15, 0.2) is 24.3 Å². The fraction of sp³-hybridized carbons (Fsp3) is 0.571. The second-order valence-electron chi connectivity index (χ2n) is 5.17. The molecule has 3 N–H and O–H groups in total. The van der Waals surface area contributed by atoms with Crippen molar-refractivity contribution in [1.29, 1.82) is 0 Å². The van der Waals surface area contributed by atoms with Crippen LogP contribution >= 0.6 is 0 Å². The number of hydrogen-bond donors (Lipinski definition) is 2. The van der Waals surface area contributed by atoms with Crippen LogP contribution in [0.3, 0.4) is 0 Å². The van der Waals surface area contributed by atoms with E-state index in [4.69, 9.17) is 10.8 Å². The lowest BCUT2D eigenvalue weighted by atomic mass is 9.97. The Morgan fingerprint density at radius 1 is 1.28 bits per heavy atom. The van der Waals surface area contributed by atoms with Gasteiger partial charge in [-0.2, -0.15) is 0 Å². The Labute approximate surface area is 108 Å². The van der Waals surface area contributed by atoms with Gasteiger partial charge in [-0.05, 0) is 50.5 Å². The number of anilines is 1. The first-order chi connectivity index (χ1) is 8.44. The predicted octanol–water partition coefficient (Wildman–Crippen LogP) is 2.14. The minimum atomic E-state index is -0.478. The van der Waals surface area contributed by atoms with Crippen LogP contribution in [0.25, 0.3) is 0 Å². The molecule has 0 heterocycles. The highest BCUT2D eigenvalue weighted by Gasteiger charge is 2.15. The zero-order valence-electron chi connectivity index (χ0n) is 11.2. The van der Waals surface area contributed by atoms with Gasteiger partial charge in [-0.3, -0.25) is 0 Å². The number of nitrogens with two attached hydrogens (primary N) is 1. The minimum absolute atomic E-state index is 0.0147. The highest BCUT2D eigenvalue weighted by molar-refractivity contribution is 5.45. The highest BCUT2D eigenvalue weighted by Crippen LogP contribution is 2.15. The average molecular weight is 254 g/mol. The number of aliphatic hydroxyl groups is 1. The maximum atomic E-state index is 12.8. The lowest BCUT2D eigenvalue weighted by molar-refractivity contribution is 0.197. The van der Waals surface area contributed by atoms with E-state index in [-0.39, 0.29) is 12.4 Å². The molecule has 4 heteroatoms. The molecular weight excluding hydrogens is 231 g/mol. The lowest BCUT2D eigenvalue weighted by Gasteiger charge is -2.23. The Kier molecular flexibility index (Phi) is 5.56. The molecule has 3 nitrogen and oxygen atoms in total. The van der Waals surface area contributed by atoms with Crippen molar-refractivity contribution in [2.24, 2.45) is 5.73 Å². The molecule has 1 rings (SSSR count). The van der Waals surface area contributed by atoms with Gasteiger partial charge in [0, 0.05) is 24.8 Å². The fourth-order valence-corrected chi connectivity index (χ4v) is 1.78. The van der Waals surface area contributed by atoms with Crippen molar-refractivity contribution in [2.45, 2.75) is 31.7 Å². The summed E-state index contributed by atoms with van der Waals surface area (Å²) in [6.45, 7) is 2.77. The molecule has 0 amide bonds. The summed E-state index contributed by atoms with van der Waals surface area (Å²) in [7, 11) is 1.99. The molecule has 1 unspecified atom stereocenters. The molecule has 18 heavy (non-hydrogen) atoms. The van der Waals surface area contributed by atoms with Crippen LogP contribution in [0.1, 0.15) is 26.2 Å². The molecule has 0 aromatic heterocycles. The van der Waals surface area contributed by atoms with E-state index < -0.39 is 5.54 Å². The van der Waals surface area contributed by atoms with E-state index in [2.05, 4.69) is 4.90 Å². The summed E-state index contributed by atoms with van der Waals surface area (Å²) in [5, 5.41) is 9.04. The van der Waals surface area contributed by atoms with Crippen molar-refractivity contribution in [3.63, 3.8) is 0 Å². The molecule has 1 aromatic carbocycles. The minimum Gasteiger partial charge on any atom is -0.394 e. The summed E-state index contributed by atoms with van der Waals surface area (Å²) in [6.07, 6.45) is 2.78. The molecule has 0 fully saturated rings. The van der Waals surface area contributed by atoms with Crippen molar-refractivity contribution in [1.82, 2.24) is 0 Å². The van der Waals surface area contributed by atoms with E-state index in [1.165, 1.54) is 12.1 Å². The van der Waals surface area contributed by atoms with Crippen molar-refractivity contribution in [3.05, 3.63) is 30.1 Å².